The molecule has 5 nitrogen and oxygen atoms in total. The lowest BCUT2D eigenvalue weighted by atomic mass is 10.1. The fraction of sp³-hybridized carbons (Fsp3) is 0.353. The van der Waals surface area contributed by atoms with E-state index in [0.29, 0.717) is 18.2 Å². The van der Waals surface area contributed by atoms with Crippen molar-refractivity contribution >= 4 is 32.7 Å². The Morgan fingerprint density at radius 1 is 1.24 bits per heavy atom. The summed E-state index contributed by atoms with van der Waals surface area (Å²) in [6.45, 7) is 0.307. The molecule has 1 aliphatic carbocycles. The number of hydrogen-bond donors (Lipinski definition) is 1. The van der Waals surface area contributed by atoms with Crippen molar-refractivity contribution in [2.75, 3.05) is 0 Å². The molecule has 0 unspecified atom stereocenters. The van der Waals surface area contributed by atoms with Crippen LogP contribution in [0.4, 0.5) is 0 Å². The number of aromatic nitrogens is 1. The van der Waals surface area contributed by atoms with E-state index < -0.39 is 10.0 Å². The highest BCUT2D eigenvalue weighted by atomic mass is 32.2. The standard InChI is InChI=1S/C17H18N2O3S3/c20-25(21,19-10-13-6-3-9-23-13)16-8-7-15(24-16)14-11-18-17(22-14)12-4-1-2-5-12/h3,6-9,11-12,19H,1-2,4-5,10H2. The van der Waals surface area contributed by atoms with Crippen LogP contribution in [0.15, 0.2) is 44.5 Å². The van der Waals surface area contributed by atoms with Crippen LogP contribution >= 0.6 is 22.7 Å². The molecule has 0 bridgehead atoms. The van der Waals surface area contributed by atoms with Gasteiger partial charge in [0, 0.05) is 17.3 Å². The lowest BCUT2D eigenvalue weighted by Crippen LogP contribution is -2.21. The Hall–Kier alpha value is -1.48. The normalized spacial score (nSPS) is 15.8. The van der Waals surface area contributed by atoms with Gasteiger partial charge in [0.1, 0.15) is 4.21 Å². The predicted octanol–water partition coefficient (Wildman–Crippen LogP) is 4.60. The van der Waals surface area contributed by atoms with Gasteiger partial charge in [-0.15, -0.1) is 22.7 Å². The van der Waals surface area contributed by atoms with E-state index in [1.54, 1.807) is 18.3 Å². The van der Waals surface area contributed by atoms with E-state index in [0.717, 1.165) is 28.5 Å². The van der Waals surface area contributed by atoms with Crippen molar-refractivity contribution in [1.82, 2.24) is 9.71 Å². The quantitative estimate of drug-likeness (QED) is 0.663. The van der Waals surface area contributed by atoms with Crippen LogP contribution in [-0.4, -0.2) is 13.4 Å². The molecule has 1 saturated carbocycles. The molecule has 0 spiro atoms. The van der Waals surface area contributed by atoms with Crippen LogP contribution in [-0.2, 0) is 16.6 Å². The van der Waals surface area contributed by atoms with Crippen LogP contribution in [0, 0.1) is 0 Å². The van der Waals surface area contributed by atoms with Crippen molar-refractivity contribution in [3.8, 4) is 10.6 Å². The predicted molar refractivity (Wildman–Crippen MR) is 99.4 cm³/mol. The fourth-order valence-electron chi connectivity index (χ4n) is 3.01. The Labute approximate surface area is 154 Å². The van der Waals surface area contributed by atoms with Gasteiger partial charge in [-0.2, -0.15) is 0 Å². The largest absolute Gasteiger partial charge is 0.440 e. The van der Waals surface area contributed by atoms with E-state index in [9.17, 15) is 8.42 Å². The number of nitrogens with zero attached hydrogens (tertiary/aromatic N) is 1. The van der Waals surface area contributed by atoms with Crippen LogP contribution < -0.4 is 4.72 Å². The fourth-order valence-corrected chi connectivity index (χ4v) is 6.05. The summed E-state index contributed by atoms with van der Waals surface area (Å²) in [5.41, 5.74) is 0. The molecular formula is C17H18N2O3S3. The maximum Gasteiger partial charge on any atom is 0.250 e. The Morgan fingerprint density at radius 3 is 2.84 bits per heavy atom. The van der Waals surface area contributed by atoms with E-state index in [2.05, 4.69) is 9.71 Å². The molecule has 3 heterocycles. The monoisotopic (exact) mass is 394 g/mol. The molecule has 0 aromatic carbocycles. The van der Waals surface area contributed by atoms with Gasteiger partial charge in [0.15, 0.2) is 11.7 Å². The second-order valence-corrected chi connectivity index (χ2v) is 10.2. The smallest absolute Gasteiger partial charge is 0.250 e. The number of oxazole rings is 1. The Morgan fingerprint density at radius 2 is 2.08 bits per heavy atom. The molecule has 1 aliphatic rings. The molecule has 1 N–H and O–H groups in total. The minimum Gasteiger partial charge on any atom is -0.440 e. The van der Waals surface area contributed by atoms with Gasteiger partial charge in [-0.05, 0) is 36.4 Å². The summed E-state index contributed by atoms with van der Waals surface area (Å²) in [6, 6.07) is 7.22. The highest BCUT2D eigenvalue weighted by Gasteiger charge is 2.23. The van der Waals surface area contributed by atoms with Gasteiger partial charge in [0.05, 0.1) is 11.1 Å². The first-order chi connectivity index (χ1) is 12.1. The molecule has 132 valence electrons. The molecule has 8 heteroatoms. The van der Waals surface area contributed by atoms with Crippen LogP contribution in [0.3, 0.4) is 0 Å². The third kappa shape index (κ3) is 3.72. The molecule has 3 aromatic rings. The van der Waals surface area contributed by atoms with Crippen LogP contribution in [0.5, 0.6) is 0 Å². The van der Waals surface area contributed by atoms with Crippen molar-refractivity contribution in [2.45, 2.75) is 42.4 Å². The first-order valence-corrected chi connectivity index (χ1v) is 11.4. The minimum absolute atomic E-state index is 0.290. The average molecular weight is 395 g/mol. The summed E-state index contributed by atoms with van der Waals surface area (Å²) < 4.78 is 33.7. The zero-order valence-corrected chi connectivity index (χ0v) is 15.9. The third-order valence-electron chi connectivity index (χ3n) is 4.33. The molecule has 1 fully saturated rings. The first-order valence-electron chi connectivity index (χ1n) is 8.20. The van der Waals surface area contributed by atoms with E-state index in [1.165, 1.54) is 35.5 Å². The highest BCUT2D eigenvalue weighted by molar-refractivity contribution is 7.91. The van der Waals surface area contributed by atoms with Crippen molar-refractivity contribution in [2.24, 2.45) is 0 Å². The second-order valence-electron chi connectivity index (χ2n) is 6.07. The summed E-state index contributed by atoms with van der Waals surface area (Å²) in [6.07, 6.45) is 6.39. The van der Waals surface area contributed by atoms with Crippen LogP contribution in [0.2, 0.25) is 0 Å². The summed E-state index contributed by atoms with van der Waals surface area (Å²) in [7, 11) is -3.52. The SMILES string of the molecule is O=S(=O)(NCc1cccs1)c1ccc(-c2cnc(C3CCCC3)o2)s1. The lowest BCUT2D eigenvalue weighted by Gasteiger charge is -2.02. The number of rotatable bonds is 6. The topological polar surface area (TPSA) is 72.2 Å². The average Bonchev–Trinajstić information content (AvgIpc) is 3.41. The molecule has 0 saturated heterocycles. The van der Waals surface area contributed by atoms with Gasteiger partial charge < -0.3 is 4.42 Å². The van der Waals surface area contributed by atoms with Crippen molar-refractivity contribution in [3.63, 3.8) is 0 Å². The summed E-state index contributed by atoms with van der Waals surface area (Å²) >= 11 is 2.73. The maximum atomic E-state index is 12.4. The maximum absolute atomic E-state index is 12.4. The van der Waals surface area contributed by atoms with Gasteiger partial charge in [-0.3, -0.25) is 0 Å². The number of thiophene rings is 2. The molecular weight excluding hydrogens is 376 g/mol. The van der Waals surface area contributed by atoms with Gasteiger partial charge in [0.2, 0.25) is 10.0 Å². The third-order valence-corrected chi connectivity index (χ3v) is 8.20. The Balaban J connectivity index is 1.49. The molecule has 0 aliphatic heterocycles. The molecule has 3 aromatic heterocycles. The highest BCUT2D eigenvalue weighted by Crippen LogP contribution is 2.37. The van der Waals surface area contributed by atoms with Gasteiger partial charge in [-0.1, -0.05) is 18.9 Å². The number of hydrogen-bond acceptors (Lipinski definition) is 6. The zero-order chi connectivity index (χ0) is 17.3. The minimum atomic E-state index is -3.52. The molecule has 4 rings (SSSR count). The van der Waals surface area contributed by atoms with E-state index in [4.69, 9.17) is 4.42 Å². The zero-order valence-electron chi connectivity index (χ0n) is 13.5. The Bertz CT molecular complexity index is 936. The Kier molecular flexibility index (Phi) is 4.77. The van der Waals surface area contributed by atoms with E-state index >= 15 is 0 Å². The summed E-state index contributed by atoms with van der Waals surface area (Å²) in [4.78, 5) is 6.16. The lowest BCUT2D eigenvalue weighted by molar-refractivity contribution is 0.458. The van der Waals surface area contributed by atoms with Gasteiger partial charge in [-0.25, -0.2) is 18.1 Å². The number of sulfonamides is 1. The van der Waals surface area contributed by atoms with Gasteiger partial charge in [0.25, 0.3) is 0 Å². The first kappa shape index (κ1) is 17.0. The molecule has 25 heavy (non-hydrogen) atoms. The van der Waals surface area contributed by atoms with Crippen molar-refractivity contribution < 1.29 is 12.8 Å². The van der Waals surface area contributed by atoms with Crippen molar-refractivity contribution in [3.05, 3.63) is 46.6 Å². The number of nitrogens with one attached hydrogen (secondary N) is 1. The summed E-state index contributed by atoms with van der Waals surface area (Å²) in [5.74, 6) is 1.83. The van der Waals surface area contributed by atoms with Crippen LogP contribution in [0.25, 0.3) is 10.6 Å². The summed E-state index contributed by atoms with van der Waals surface area (Å²) in [5, 5.41) is 1.93. The second kappa shape index (κ2) is 7.03. The van der Waals surface area contributed by atoms with E-state index in [-0.39, 0.29) is 4.21 Å². The van der Waals surface area contributed by atoms with Crippen molar-refractivity contribution in [1.29, 1.82) is 0 Å². The molecule has 0 atom stereocenters. The molecule has 0 amide bonds. The van der Waals surface area contributed by atoms with Gasteiger partial charge >= 0.3 is 0 Å². The van der Waals surface area contributed by atoms with Crippen LogP contribution in [0.1, 0.15) is 42.4 Å². The molecule has 0 radical (unpaired) electrons. The van der Waals surface area contributed by atoms with E-state index in [1.807, 2.05) is 17.5 Å².